The van der Waals surface area contributed by atoms with Crippen molar-refractivity contribution in [1.29, 1.82) is 0 Å². The number of nitrogens with two attached hydrogens (primary N) is 1. The van der Waals surface area contributed by atoms with Gasteiger partial charge in [-0.3, -0.25) is 0 Å². The maximum absolute atomic E-state index is 5.87. The van der Waals surface area contributed by atoms with Crippen LogP contribution in [0.4, 0.5) is 5.82 Å². The predicted octanol–water partition coefficient (Wildman–Crippen LogP) is 3.29. The summed E-state index contributed by atoms with van der Waals surface area (Å²) in [5, 5.41) is 0. The maximum Gasteiger partial charge on any atom is 0.139 e. The van der Waals surface area contributed by atoms with Gasteiger partial charge in [0.25, 0.3) is 0 Å². The van der Waals surface area contributed by atoms with Gasteiger partial charge in [0, 0.05) is 19.3 Å². The van der Waals surface area contributed by atoms with E-state index in [4.69, 9.17) is 18.0 Å². The van der Waals surface area contributed by atoms with E-state index in [-0.39, 0.29) is 0 Å². The number of thiocarbonyl (C=S) groups is 1. The van der Waals surface area contributed by atoms with E-state index < -0.39 is 0 Å². The van der Waals surface area contributed by atoms with Crippen LogP contribution < -0.4 is 10.6 Å². The molecule has 0 aromatic carbocycles. The molecule has 0 saturated heterocycles. The van der Waals surface area contributed by atoms with Gasteiger partial charge >= 0.3 is 0 Å². The lowest BCUT2D eigenvalue weighted by atomic mass is 10.0. The molecule has 106 valence electrons. The number of anilines is 1. The molecule has 1 heterocycles. The Balaban J connectivity index is 3.11. The summed E-state index contributed by atoms with van der Waals surface area (Å²) in [5.41, 5.74) is 7.89. The smallest absolute Gasteiger partial charge is 0.139 e. The molecule has 1 aromatic heterocycles. The van der Waals surface area contributed by atoms with Crippen molar-refractivity contribution in [3.8, 4) is 0 Å². The van der Waals surface area contributed by atoms with Gasteiger partial charge in [0.1, 0.15) is 10.8 Å². The Hall–Kier alpha value is -1.16. The molecule has 19 heavy (non-hydrogen) atoms. The van der Waals surface area contributed by atoms with Gasteiger partial charge in [-0.1, -0.05) is 38.9 Å². The van der Waals surface area contributed by atoms with E-state index in [2.05, 4.69) is 30.7 Å². The second-order valence-corrected chi connectivity index (χ2v) is 5.35. The molecule has 1 rings (SSSR count). The number of hydrogen-bond donors (Lipinski definition) is 1. The van der Waals surface area contributed by atoms with Crippen LogP contribution in [-0.2, 0) is 0 Å². The van der Waals surface area contributed by atoms with E-state index >= 15 is 0 Å². The summed E-state index contributed by atoms with van der Waals surface area (Å²) < 4.78 is 0. The lowest BCUT2D eigenvalue weighted by Gasteiger charge is -2.28. The fourth-order valence-electron chi connectivity index (χ4n) is 2.31. The minimum absolute atomic E-state index is 0.434. The zero-order valence-electron chi connectivity index (χ0n) is 12.4. The van der Waals surface area contributed by atoms with Crippen LogP contribution in [0.15, 0.2) is 12.3 Å². The van der Waals surface area contributed by atoms with Crippen LogP contribution in [-0.4, -0.2) is 23.1 Å². The van der Waals surface area contributed by atoms with Crippen molar-refractivity contribution in [3.05, 3.63) is 23.4 Å². The molecule has 1 aromatic rings. The molecule has 0 saturated carbocycles. The molecule has 0 bridgehead atoms. The first-order valence-electron chi connectivity index (χ1n) is 7.05. The molecule has 0 atom stereocenters. The van der Waals surface area contributed by atoms with Gasteiger partial charge in [-0.05, 0) is 31.4 Å². The second-order valence-electron chi connectivity index (χ2n) is 4.91. The predicted molar refractivity (Wildman–Crippen MR) is 86.8 cm³/mol. The number of pyridine rings is 1. The van der Waals surface area contributed by atoms with Crippen LogP contribution in [0.5, 0.6) is 0 Å². The lowest BCUT2D eigenvalue weighted by molar-refractivity contribution is 0.484. The highest BCUT2D eigenvalue weighted by Crippen LogP contribution is 2.23. The topological polar surface area (TPSA) is 42.2 Å². The molecule has 0 aliphatic rings. The Morgan fingerprint density at radius 3 is 2.47 bits per heavy atom. The quantitative estimate of drug-likeness (QED) is 0.778. The van der Waals surface area contributed by atoms with Crippen LogP contribution in [0.1, 0.15) is 44.7 Å². The van der Waals surface area contributed by atoms with E-state index in [1.54, 1.807) is 0 Å². The van der Waals surface area contributed by atoms with E-state index in [1.165, 1.54) is 12.8 Å². The van der Waals surface area contributed by atoms with Crippen LogP contribution >= 0.6 is 12.2 Å². The average Bonchev–Trinajstić information content (AvgIpc) is 2.39. The Bertz CT molecular complexity index is 427. The summed E-state index contributed by atoms with van der Waals surface area (Å²) in [4.78, 5) is 7.24. The first kappa shape index (κ1) is 15.9. The van der Waals surface area contributed by atoms with Gasteiger partial charge in [0.15, 0.2) is 0 Å². The number of hydrogen-bond acceptors (Lipinski definition) is 3. The van der Waals surface area contributed by atoms with E-state index in [9.17, 15) is 0 Å². The van der Waals surface area contributed by atoms with Crippen molar-refractivity contribution in [2.24, 2.45) is 11.7 Å². The molecule has 0 spiro atoms. The first-order chi connectivity index (χ1) is 9.04. The van der Waals surface area contributed by atoms with Gasteiger partial charge in [-0.15, -0.1) is 0 Å². The van der Waals surface area contributed by atoms with E-state index in [1.807, 2.05) is 19.2 Å². The largest absolute Gasteiger partial charge is 0.389 e. The Morgan fingerprint density at radius 2 is 2.00 bits per heavy atom. The molecule has 0 radical (unpaired) electrons. The summed E-state index contributed by atoms with van der Waals surface area (Å²) in [6.45, 7) is 10.6. The molecule has 0 amide bonds. The highest BCUT2D eigenvalue weighted by atomic mass is 32.1. The zero-order valence-corrected chi connectivity index (χ0v) is 13.3. The zero-order chi connectivity index (χ0) is 14.4. The second kappa shape index (κ2) is 7.43. The van der Waals surface area contributed by atoms with Crippen molar-refractivity contribution in [2.45, 2.75) is 40.5 Å². The van der Waals surface area contributed by atoms with Gasteiger partial charge in [0.05, 0.1) is 5.56 Å². The molecular weight excluding hydrogens is 254 g/mol. The standard InChI is InChI=1S/C15H25N3S/c1-5-12(6-2)10-18(7-3)15-13(14(16)19)11(4)8-9-17-15/h8-9,12H,5-7,10H2,1-4H3,(H2,16,19). The average molecular weight is 279 g/mol. The highest BCUT2D eigenvalue weighted by Gasteiger charge is 2.17. The maximum atomic E-state index is 5.87. The summed E-state index contributed by atoms with van der Waals surface area (Å²) in [6.07, 6.45) is 4.20. The van der Waals surface area contributed by atoms with Gasteiger partial charge in [0.2, 0.25) is 0 Å². The molecule has 0 unspecified atom stereocenters. The number of nitrogens with zero attached hydrogens (tertiary/aromatic N) is 2. The molecule has 0 aliphatic heterocycles. The van der Waals surface area contributed by atoms with E-state index in [0.29, 0.717) is 10.9 Å². The van der Waals surface area contributed by atoms with Crippen LogP contribution in [0.3, 0.4) is 0 Å². The Labute approximate surface area is 122 Å². The van der Waals surface area contributed by atoms with Crippen molar-refractivity contribution >= 4 is 23.0 Å². The lowest BCUT2D eigenvalue weighted by Crippen LogP contribution is -2.32. The molecule has 0 aliphatic carbocycles. The Kier molecular flexibility index (Phi) is 6.22. The molecule has 4 heteroatoms. The Morgan fingerprint density at radius 1 is 1.37 bits per heavy atom. The van der Waals surface area contributed by atoms with Crippen molar-refractivity contribution in [3.63, 3.8) is 0 Å². The van der Waals surface area contributed by atoms with Crippen molar-refractivity contribution < 1.29 is 0 Å². The van der Waals surface area contributed by atoms with Gasteiger partial charge in [-0.25, -0.2) is 4.98 Å². The van der Waals surface area contributed by atoms with Gasteiger partial charge < -0.3 is 10.6 Å². The molecule has 0 fully saturated rings. The minimum atomic E-state index is 0.434. The van der Waals surface area contributed by atoms with Crippen LogP contribution in [0.25, 0.3) is 0 Å². The third-order valence-corrected chi connectivity index (χ3v) is 3.90. The minimum Gasteiger partial charge on any atom is -0.389 e. The van der Waals surface area contributed by atoms with Gasteiger partial charge in [-0.2, -0.15) is 0 Å². The SMILES string of the molecule is CCC(CC)CN(CC)c1nccc(C)c1C(N)=S. The highest BCUT2D eigenvalue weighted by molar-refractivity contribution is 7.80. The summed E-state index contributed by atoms with van der Waals surface area (Å²) in [7, 11) is 0. The third-order valence-electron chi connectivity index (χ3n) is 3.70. The van der Waals surface area contributed by atoms with Crippen LogP contribution in [0, 0.1) is 12.8 Å². The van der Waals surface area contributed by atoms with Crippen molar-refractivity contribution in [1.82, 2.24) is 4.98 Å². The molecule has 3 nitrogen and oxygen atoms in total. The normalized spacial score (nSPS) is 10.8. The summed E-state index contributed by atoms with van der Waals surface area (Å²) in [5.74, 6) is 1.61. The van der Waals surface area contributed by atoms with E-state index in [0.717, 1.165) is 30.0 Å². The molecule has 2 N–H and O–H groups in total. The van der Waals surface area contributed by atoms with Crippen molar-refractivity contribution in [2.75, 3.05) is 18.0 Å². The van der Waals surface area contributed by atoms with Crippen LogP contribution in [0.2, 0.25) is 0 Å². The fraction of sp³-hybridized carbons (Fsp3) is 0.600. The number of aryl methyl sites for hydroxylation is 1. The number of rotatable bonds is 7. The fourth-order valence-corrected chi connectivity index (χ4v) is 2.56. The summed E-state index contributed by atoms with van der Waals surface area (Å²) >= 11 is 5.19. The first-order valence-corrected chi connectivity index (χ1v) is 7.46. The molecular formula is C15H25N3S. The number of aromatic nitrogens is 1. The monoisotopic (exact) mass is 279 g/mol. The third kappa shape index (κ3) is 3.90. The summed E-state index contributed by atoms with van der Waals surface area (Å²) in [6, 6.07) is 1.96.